The highest BCUT2D eigenvalue weighted by Crippen LogP contribution is 2.02. The molecular formula is C7H10Cl2. The minimum Gasteiger partial charge on any atom is -0.121 e. The first-order valence-corrected chi connectivity index (χ1v) is 3.79. The molecule has 0 aromatic carbocycles. The van der Waals surface area contributed by atoms with E-state index in [4.69, 9.17) is 23.2 Å². The van der Waals surface area contributed by atoms with E-state index in [0.29, 0.717) is 10.9 Å². The Bertz CT molecular complexity index is 114. The minimum atomic E-state index is 0.398. The highest BCUT2D eigenvalue weighted by atomic mass is 35.5. The smallest absolute Gasteiger partial charge is 0.0581 e. The second-order valence-corrected chi connectivity index (χ2v) is 2.34. The van der Waals surface area contributed by atoms with E-state index in [1.807, 2.05) is 12.2 Å². The molecule has 0 aliphatic carbocycles. The molecule has 0 saturated carbocycles. The van der Waals surface area contributed by atoms with Gasteiger partial charge in [-0.05, 0) is 12.5 Å². The maximum atomic E-state index is 5.58. The molecule has 0 aromatic rings. The van der Waals surface area contributed by atoms with Gasteiger partial charge in [-0.15, -0.1) is 11.6 Å². The zero-order valence-corrected chi connectivity index (χ0v) is 6.91. The first-order chi connectivity index (χ1) is 4.31. The number of allylic oxidation sites excluding steroid dienone is 4. The molecule has 0 N–H and O–H groups in total. The normalized spacial score (nSPS) is 13.0. The lowest BCUT2D eigenvalue weighted by atomic mass is 10.4. The summed E-state index contributed by atoms with van der Waals surface area (Å²) in [5.41, 5.74) is 0. The maximum Gasteiger partial charge on any atom is 0.0581 e. The van der Waals surface area contributed by atoms with Crippen LogP contribution in [-0.4, -0.2) is 5.88 Å². The Hall–Kier alpha value is 0.0600. The van der Waals surface area contributed by atoms with Crippen molar-refractivity contribution in [3.05, 3.63) is 23.3 Å². The Morgan fingerprint density at radius 1 is 1.56 bits per heavy atom. The van der Waals surface area contributed by atoms with Crippen molar-refractivity contribution in [2.75, 3.05) is 5.88 Å². The van der Waals surface area contributed by atoms with Crippen molar-refractivity contribution in [2.45, 2.75) is 13.3 Å². The third kappa shape index (κ3) is 5.94. The lowest BCUT2D eigenvalue weighted by Crippen LogP contribution is -1.68. The van der Waals surface area contributed by atoms with Gasteiger partial charge in [0.25, 0.3) is 0 Å². The molecule has 0 spiro atoms. The Kier molecular flexibility index (Phi) is 6.23. The molecule has 0 atom stereocenters. The molecule has 0 unspecified atom stereocenters. The van der Waals surface area contributed by atoms with Crippen molar-refractivity contribution in [3.63, 3.8) is 0 Å². The van der Waals surface area contributed by atoms with Gasteiger partial charge in [-0.1, -0.05) is 30.7 Å². The van der Waals surface area contributed by atoms with E-state index in [1.165, 1.54) is 0 Å². The van der Waals surface area contributed by atoms with Crippen LogP contribution in [0.4, 0.5) is 0 Å². The van der Waals surface area contributed by atoms with Gasteiger partial charge in [-0.25, -0.2) is 0 Å². The van der Waals surface area contributed by atoms with Gasteiger partial charge in [0.1, 0.15) is 0 Å². The second kappa shape index (κ2) is 6.18. The number of rotatable bonds is 3. The molecule has 0 rings (SSSR count). The summed E-state index contributed by atoms with van der Waals surface area (Å²) in [5, 5.41) is 0.682. The summed E-state index contributed by atoms with van der Waals surface area (Å²) in [4.78, 5) is 0. The summed E-state index contributed by atoms with van der Waals surface area (Å²) >= 11 is 11.0. The molecule has 0 bridgehead atoms. The molecule has 0 aliphatic heterocycles. The third-order valence-electron chi connectivity index (χ3n) is 0.777. The van der Waals surface area contributed by atoms with E-state index in [2.05, 4.69) is 6.92 Å². The molecule has 2 heteroatoms. The average molecular weight is 165 g/mol. The molecule has 0 nitrogen and oxygen atoms in total. The number of hydrogen-bond acceptors (Lipinski definition) is 0. The van der Waals surface area contributed by atoms with E-state index >= 15 is 0 Å². The predicted molar refractivity (Wildman–Crippen MR) is 44.1 cm³/mol. The van der Waals surface area contributed by atoms with Crippen molar-refractivity contribution in [1.82, 2.24) is 0 Å². The molecule has 9 heavy (non-hydrogen) atoms. The zero-order chi connectivity index (χ0) is 7.11. The van der Waals surface area contributed by atoms with Crippen LogP contribution in [0.5, 0.6) is 0 Å². The van der Waals surface area contributed by atoms with Crippen LogP contribution in [-0.2, 0) is 0 Å². The van der Waals surface area contributed by atoms with Crippen molar-refractivity contribution in [3.8, 4) is 0 Å². The summed E-state index contributed by atoms with van der Waals surface area (Å²) in [6, 6.07) is 0. The molecule has 0 radical (unpaired) electrons. The van der Waals surface area contributed by atoms with Crippen LogP contribution < -0.4 is 0 Å². The standard InChI is InChI=1S/C7H10Cl2/c1-2-3-4-5-7(9)6-8/h3-5H,2,6H2,1H3. The van der Waals surface area contributed by atoms with Crippen LogP contribution in [0.1, 0.15) is 13.3 Å². The first kappa shape index (κ1) is 9.06. The summed E-state index contributed by atoms with van der Waals surface area (Å²) in [6.07, 6.45) is 6.76. The molecule has 0 fully saturated rings. The van der Waals surface area contributed by atoms with E-state index in [1.54, 1.807) is 6.08 Å². The quantitative estimate of drug-likeness (QED) is 0.444. The molecule has 0 aliphatic rings. The van der Waals surface area contributed by atoms with Crippen molar-refractivity contribution < 1.29 is 0 Å². The van der Waals surface area contributed by atoms with Gasteiger partial charge < -0.3 is 0 Å². The molecular weight excluding hydrogens is 155 g/mol. The van der Waals surface area contributed by atoms with Gasteiger partial charge >= 0.3 is 0 Å². The Labute approximate surface area is 66.2 Å². The van der Waals surface area contributed by atoms with E-state index < -0.39 is 0 Å². The monoisotopic (exact) mass is 164 g/mol. The van der Waals surface area contributed by atoms with Gasteiger partial charge in [0.05, 0.1) is 5.88 Å². The zero-order valence-electron chi connectivity index (χ0n) is 5.40. The van der Waals surface area contributed by atoms with Gasteiger partial charge in [-0.2, -0.15) is 0 Å². The fourth-order valence-electron chi connectivity index (χ4n) is 0.353. The van der Waals surface area contributed by atoms with Gasteiger partial charge in [0, 0.05) is 5.03 Å². The Morgan fingerprint density at radius 2 is 2.22 bits per heavy atom. The van der Waals surface area contributed by atoms with Crippen LogP contribution in [0.3, 0.4) is 0 Å². The molecule has 0 amide bonds. The van der Waals surface area contributed by atoms with Crippen LogP contribution in [0.15, 0.2) is 23.3 Å². The first-order valence-electron chi connectivity index (χ1n) is 2.88. The highest BCUT2D eigenvalue weighted by Gasteiger charge is 1.81. The minimum absolute atomic E-state index is 0.398. The molecule has 0 saturated heterocycles. The molecule has 0 heterocycles. The van der Waals surface area contributed by atoms with Crippen LogP contribution in [0, 0.1) is 0 Å². The lowest BCUT2D eigenvalue weighted by molar-refractivity contribution is 1.22. The van der Waals surface area contributed by atoms with Gasteiger partial charge in [0.2, 0.25) is 0 Å². The van der Waals surface area contributed by atoms with Crippen molar-refractivity contribution >= 4 is 23.2 Å². The summed E-state index contributed by atoms with van der Waals surface area (Å²) in [7, 11) is 0. The van der Waals surface area contributed by atoms with Gasteiger partial charge in [-0.3, -0.25) is 0 Å². The summed E-state index contributed by atoms with van der Waals surface area (Å²) < 4.78 is 0. The Morgan fingerprint density at radius 3 is 2.67 bits per heavy atom. The van der Waals surface area contributed by atoms with E-state index in [-0.39, 0.29) is 0 Å². The fraction of sp³-hybridized carbons (Fsp3) is 0.429. The SMILES string of the molecule is CCC=CC=C(Cl)CCl. The summed E-state index contributed by atoms with van der Waals surface area (Å²) in [5.74, 6) is 0.398. The third-order valence-corrected chi connectivity index (χ3v) is 1.46. The molecule has 0 aromatic heterocycles. The fourth-order valence-corrected chi connectivity index (χ4v) is 0.515. The lowest BCUT2D eigenvalue weighted by Gasteiger charge is -1.83. The summed E-state index contributed by atoms with van der Waals surface area (Å²) in [6.45, 7) is 2.07. The Balaban J connectivity index is 3.55. The van der Waals surface area contributed by atoms with Crippen LogP contribution >= 0.6 is 23.2 Å². The van der Waals surface area contributed by atoms with Crippen molar-refractivity contribution in [2.24, 2.45) is 0 Å². The largest absolute Gasteiger partial charge is 0.121 e. The number of hydrogen-bond donors (Lipinski definition) is 0. The second-order valence-electron chi connectivity index (χ2n) is 1.58. The van der Waals surface area contributed by atoms with E-state index in [9.17, 15) is 0 Å². The topological polar surface area (TPSA) is 0 Å². The van der Waals surface area contributed by atoms with Gasteiger partial charge in [0.15, 0.2) is 0 Å². The van der Waals surface area contributed by atoms with Crippen LogP contribution in [0.25, 0.3) is 0 Å². The number of halogens is 2. The molecule has 52 valence electrons. The maximum absolute atomic E-state index is 5.58. The van der Waals surface area contributed by atoms with Crippen LogP contribution in [0.2, 0.25) is 0 Å². The van der Waals surface area contributed by atoms with E-state index in [0.717, 1.165) is 6.42 Å². The highest BCUT2D eigenvalue weighted by molar-refractivity contribution is 6.35. The average Bonchev–Trinajstić information content (AvgIpc) is 1.89. The predicted octanol–water partition coefficient (Wildman–Crippen LogP) is 3.31. The van der Waals surface area contributed by atoms with Crippen molar-refractivity contribution in [1.29, 1.82) is 0 Å². The number of alkyl halides is 1.